The van der Waals surface area contributed by atoms with Gasteiger partial charge < -0.3 is 9.15 Å². The number of hydrogen-bond acceptors (Lipinski definition) is 8. The first-order valence-corrected chi connectivity index (χ1v) is 11.0. The Morgan fingerprint density at radius 1 is 1.10 bits per heavy atom. The van der Waals surface area contributed by atoms with Crippen molar-refractivity contribution in [3.05, 3.63) is 64.0 Å². The normalized spacial score (nSPS) is 11.6. The van der Waals surface area contributed by atoms with Crippen molar-refractivity contribution in [2.75, 3.05) is 13.1 Å². The zero-order valence-electron chi connectivity index (χ0n) is 17.3. The third-order valence-electron chi connectivity index (χ3n) is 4.59. The zero-order valence-corrected chi connectivity index (χ0v) is 18.1. The maximum absolute atomic E-state index is 12.6. The van der Waals surface area contributed by atoms with Crippen molar-refractivity contribution in [2.45, 2.75) is 32.3 Å². The van der Waals surface area contributed by atoms with Crippen molar-refractivity contribution in [3.63, 3.8) is 0 Å². The molecule has 0 saturated carbocycles. The highest BCUT2D eigenvalue weighted by molar-refractivity contribution is 7.89. The molecule has 1 heterocycles. The van der Waals surface area contributed by atoms with Gasteiger partial charge in [0.1, 0.15) is 0 Å². The topological polar surface area (TPSA) is 129 Å². The van der Waals surface area contributed by atoms with Gasteiger partial charge in [-0.15, -0.1) is 10.2 Å². The van der Waals surface area contributed by atoms with E-state index in [2.05, 4.69) is 10.2 Å². The average molecular weight is 446 g/mol. The Morgan fingerprint density at radius 3 is 2.39 bits per heavy atom. The lowest BCUT2D eigenvalue weighted by atomic mass is 10.1. The van der Waals surface area contributed by atoms with Crippen LogP contribution in [0.2, 0.25) is 0 Å². The number of nitro benzene ring substituents is 1. The summed E-state index contributed by atoms with van der Waals surface area (Å²) in [6.07, 6.45) is 0. The average Bonchev–Trinajstić information content (AvgIpc) is 3.22. The monoisotopic (exact) mass is 446 g/mol. The highest BCUT2D eigenvalue weighted by Gasteiger charge is 2.26. The Balaban J connectivity index is 1.81. The van der Waals surface area contributed by atoms with Crippen LogP contribution in [-0.2, 0) is 16.6 Å². The molecule has 2 aromatic carbocycles. The van der Waals surface area contributed by atoms with Crippen LogP contribution in [0.25, 0.3) is 11.5 Å². The molecule has 0 saturated heterocycles. The first-order valence-electron chi connectivity index (χ1n) is 9.57. The fourth-order valence-electron chi connectivity index (χ4n) is 2.90. The Morgan fingerprint density at radius 2 is 1.77 bits per heavy atom. The van der Waals surface area contributed by atoms with Crippen LogP contribution in [0.3, 0.4) is 0 Å². The van der Waals surface area contributed by atoms with Crippen LogP contribution in [0.4, 0.5) is 5.69 Å². The Bertz CT molecular complexity index is 1170. The highest BCUT2D eigenvalue weighted by Crippen LogP contribution is 2.31. The molecule has 31 heavy (non-hydrogen) atoms. The van der Waals surface area contributed by atoms with Crippen LogP contribution >= 0.6 is 0 Å². The fourth-order valence-corrected chi connectivity index (χ4v) is 4.38. The van der Waals surface area contributed by atoms with Gasteiger partial charge in [-0.3, -0.25) is 10.1 Å². The quantitative estimate of drug-likeness (QED) is 0.360. The van der Waals surface area contributed by atoms with E-state index >= 15 is 0 Å². The van der Waals surface area contributed by atoms with Gasteiger partial charge in [-0.1, -0.05) is 31.5 Å². The van der Waals surface area contributed by atoms with E-state index in [9.17, 15) is 18.5 Å². The molecule has 0 radical (unpaired) electrons. The molecule has 0 bridgehead atoms. The van der Waals surface area contributed by atoms with Crippen molar-refractivity contribution in [1.29, 1.82) is 0 Å². The van der Waals surface area contributed by atoms with E-state index < -0.39 is 20.6 Å². The summed E-state index contributed by atoms with van der Waals surface area (Å²) in [7, 11) is -3.84. The van der Waals surface area contributed by atoms with Crippen molar-refractivity contribution in [3.8, 4) is 17.2 Å². The Hall–Kier alpha value is -3.31. The van der Waals surface area contributed by atoms with Gasteiger partial charge in [0, 0.05) is 24.7 Å². The van der Waals surface area contributed by atoms with E-state index in [0.717, 1.165) is 17.2 Å². The molecule has 0 amide bonds. The van der Waals surface area contributed by atoms with Crippen molar-refractivity contribution < 1.29 is 22.5 Å². The summed E-state index contributed by atoms with van der Waals surface area (Å²) >= 11 is 0. The molecule has 0 atom stereocenters. The van der Waals surface area contributed by atoms with E-state index in [-0.39, 0.29) is 36.2 Å². The molecule has 0 N–H and O–H groups in total. The summed E-state index contributed by atoms with van der Waals surface area (Å²) in [4.78, 5) is 10.6. The maximum Gasteiger partial charge on any atom is 0.312 e. The van der Waals surface area contributed by atoms with Crippen LogP contribution in [0.5, 0.6) is 5.75 Å². The van der Waals surface area contributed by atoms with Gasteiger partial charge in [-0.2, -0.15) is 4.31 Å². The van der Waals surface area contributed by atoms with E-state index in [0.29, 0.717) is 5.89 Å². The molecule has 0 unspecified atom stereocenters. The number of sulfonamides is 1. The molecular formula is C20H22N4O6S. The largest absolute Gasteiger partial charge is 0.477 e. The minimum atomic E-state index is -3.84. The Kier molecular flexibility index (Phi) is 6.66. The smallest absolute Gasteiger partial charge is 0.312 e. The molecule has 10 nitrogen and oxygen atoms in total. The second-order valence-corrected chi connectivity index (χ2v) is 8.57. The number of ether oxygens (including phenoxy) is 1. The van der Waals surface area contributed by atoms with Crippen molar-refractivity contribution in [2.24, 2.45) is 0 Å². The van der Waals surface area contributed by atoms with Gasteiger partial charge in [-0.05, 0) is 31.2 Å². The second-order valence-electron chi connectivity index (χ2n) is 6.63. The molecular weight excluding hydrogens is 424 g/mol. The molecule has 3 rings (SSSR count). The van der Waals surface area contributed by atoms with E-state index in [1.165, 1.54) is 16.4 Å². The molecule has 1 aromatic heterocycles. The molecule has 0 spiro atoms. The summed E-state index contributed by atoms with van der Waals surface area (Å²) in [5.41, 5.74) is 1.36. The van der Waals surface area contributed by atoms with Crippen molar-refractivity contribution in [1.82, 2.24) is 14.5 Å². The summed E-state index contributed by atoms with van der Waals surface area (Å²) < 4.78 is 37.6. The van der Waals surface area contributed by atoms with E-state index in [1.807, 2.05) is 31.2 Å². The van der Waals surface area contributed by atoms with Gasteiger partial charge >= 0.3 is 5.69 Å². The predicted octanol–water partition coefficient (Wildman–Crippen LogP) is 3.56. The molecule has 0 aliphatic carbocycles. The lowest BCUT2D eigenvalue weighted by Crippen LogP contribution is -2.30. The number of benzene rings is 2. The predicted molar refractivity (Wildman–Crippen MR) is 112 cm³/mol. The van der Waals surface area contributed by atoms with Gasteiger partial charge in [0.05, 0.1) is 9.82 Å². The lowest BCUT2D eigenvalue weighted by Gasteiger charge is -2.18. The molecule has 11 heteroatoms. The number of hydrogen-bond donors (Lipinski definition) is 0. The SMILES string of the molecule is CCN(CC)S(=O)(=O)c1ccc(OCc2nnc(-c3ccc(C)cc3)o2)c([N+](=O)[O-])c1. The second kappa shape index (κ2) is 9.23. The minimum absolute atomic E-state index is 0.0985. The first-order chi connectivity index (χ1) is 14.8. The summed E-state index contributed by atoms with van der Waals surface area (Å²) in [6, 6.07) is 11.0. The van der Waals surface area contributed by atoms with Gasteiger partial charge in [0.15, 0.2) is 12.4 Å². The molecule has 3 aromatic rings. The molecule has 0 aliphatic rings. The maximum atomic E-state index is 12.6. The number of rotatable bonds is 9. The molecule has 164 valence electrons. The highest BCUT2D eigenvalue weighted by atomic mass is 32.2. The van der Waals surface area contributed by atoms with Gasteiger partial charge in [0.25, 0.3) is 5.89 Å². The number of aromatic nitrogens is 2. The lowest BCUT2D eigenvalue weighted by molar-refractivity contribution is -0.386. The van der Waals surface area contributed by atoms with Crippen LogP contribution in [0.1, 0.15) is 25.3 Å². The fraction of sp³-hybridized carbons (Fsp3) is 0.300. The van der Waals surface area contributed by atoms with Crippen LogP contribution < -0.4 is 4.74 Å². The summed E-state index contributed by atoms with van der Waals surface area (Å²) in [5.74, 6) is 0.331. The number of nitro groups is 1. The molecule has 0 aliphatic heterocycles. The van der Waals surface area contributed by atoms with Crippen LogP contribution in [0, 0.1) is 17.0 Å². The zero-order chi connectivity index (χ0) is 22.6. The summed E-state index contributed by atoms with van der Waals surface area (Å²) in [5, 5.41) is 19.4. The van der Waals surface area contributed by atoms with Crippen LogP contribution in [0.15, 0.2) is 51.8 Å². The standard InChI is InChI=1S/C20H22N4O6S/c1-4-23(5-2)31(27,28)16-10-11-18(17(12-16)24(25)26)29-13-19-21-22-20(30-19)15-8-6-14(3)7-9-15/h6-12H,4-5,13H2,1-3H3. The third-order valence-corrected chi connectivity index (χ3v) is 6.63. The summed E-state index contributed by atoms with van der Waals surface area (Å²) in [6.45, 7) is 5.66. The first kappa shape index (κ1) is 22.4. The minimum Gasteiger partial charge on any atom is -0.477 e. The van der Waals surface area contributed by atoms with E-state index in [1.54, 1.807) is 13.8 Å². The van der Waals surface area contributed by atoms with Gasteiger partial charge in [-0.25, -0.2) is 8.42 Å². The van der Waals surface area contributed by atoms with Gasteiger partial charge in [0.2, 0.25) is 15.9 Å². The number of nitrogens with zero attached hydrogens (tertiary/aromatic N) is 4. The molecule has 0 fully saturated rings. The van der Waals surface area contributed by atoms with E-state index in [4.69, 9.17) is 9.15 Å². The third kappa shape index (κ3) is 4.89. The van der Waals surface area contributed by atoms with Crippen LogP contribution in [-0.4, -0.2) is 40.9 Å². The number of aryl methyl sites for hydroxylation is 1. The Labute approximate surface area is 179 Å². The van der Waals surface area contributed by atoms with Crippen molar-refractivity contribution >= 4 is 15.7 Å².